The van der Waals surface area contributed by atoms with E-state index in [2.05, 4.69) is 0 Å². The zero-order valence-corrected chi connectivity index (χ0v) is 12.0. The van der Waals surface area contributed by atoms with Gasteiger partial charge in [-0.15, -0.1) is 0 Å². The first-order valence-electron chi connectivity index (χ1n) is 6.62. The first-order chi connectivity index (χ1) is 10.1. The van der Waals surface area contributed by atoms with Gasteiger partial charge in [-0.3, -0.25) is 0 Å². The van der Waals surface area contributed by atoms with Crippen molar-refractivity contribution in [3.05, 3.63) is 53.1 Å². The van der Waals surface area contributed by atoms with Gasteiger partial charge >= 0.3 is 6.09 Å². The highest BCUT2D eigenvalue weighted by molar-refractivity contribution is 6.30. The van der Waals surface area contributed by atoms with Crippen molar-refractivity contribution in [1.82, 2.24) is 0 Å². The standard InChI is InChI=1S/C16H14ClNO3/c17-12-3-1-2-10(8-12)11-4-5-14-13(9-11)15(6-7-20-14)21-16(18)19/h1-5,8-9,15H,6-7H2,(H2,18,19). The molecule has 1 unspecified atom stereocenters. The smallest absolute Gasteiger partial charge is 0.405 e. The van der Waals surface area contributed by atoms with E-state index in [-0.39, 0.29) is 6.10 Å². The van der Waals surface area contributed by atoms with Crippen molar-refractivity contribution in [2.24, 2.45) is 5.73 Å². The maximum absolute atomic E-state index is 11.0. The van der Waals surface area contributed by atoms with Gasteiger partial charge in [-0.1, -0.05) is 29.8 Å². The number of hydrogen-bond donors (Lipinski definition) is 1. The summed E-state index contributed by atoms with van der Waals surface area (Å²) in [6.45, 7) is 0.501. The van der Waals surface area contributed by atoms with Crippen LogP contribution in [0.3, 0.4) is 0 Å². The molecular formula is C16H14ClNO3. The van der Waals surface area contributed by atoms with Crippen molar-refractivity contribution in [2.45, 2.75) is 12.5 Å². The number of hydrogen-bond acceptors (Lipinski definition) is 3. The Morgan fingerprint density at radius 1 is 1.24 bits per heavy atom. The van der Waals surface area contributed by atoms with Gasteiger partial charge < -0.3 is 15.2 Å². The number of halogens is 1. The number of carbonyl (C=O) groups excluding carboxylic acids is 1. The lowest BCUT2D eigenvalue weighted by molar-refractivity contribution is 0.0766. The molecule has 1 aliphatic rings. The van der Waals surface area contributed by atoms with Crippen LogP contribution in [0.1, 0.15) is 18.1 Å². The first-order valence-corrected chi connectivity index (χ1v) is 7.00. The van der Waals surface area contributed by atoms with Crippen LogP contribution < -0.4 is 10.5 Å². The third kappa shape index (κ3) is 2.95. The summed E-state index contributed by atoms with van der Waals surface area (Å²) >= 11 is 6.03. The number of carbonyl (C=O) groups is 1. The topological polar surface area (TPSA) is 61.6 Å². The predicted molar refractivity (Wildman–Crippen MR) is 80.4 cm³/mol. The van der Waals surface area contributed by atoms with Gasteiger partial charge in [0.15, 0.2) is 0 Å². The van der Waals surface area contributed by atoms with Gasteiger partial charge in [0.25, 0.3) is 0 Å². The highest BCUT2D eigenvalue weighted by atomic mass is 35.5. The normalized spacial score (nSPS) is 16.7. The van der Waals surface area contributed by atoms with Crippen LogP contribution >= 0.6 is 11.6 Å². The summed E-state index contributed by atoms with van der Waals surface area (Å²) in [5.41, 5.74) is 7.94. The van der Waals surface area contributed by atoms with E-state index in [0.717, 1.165) is 22.4 Å². The van der Waals surface area contributed by atoms with Crippen LogP contribution in [0, 0.1) is 0 Å². The second-order valence-electron chi connectivity index (χ2n) is 4.83. The monoisotopic (exact) mass is 303 g/mol. The fraction of sp³-hybridized carbons (Fsp3) is 0.188. The maximum Gasteiger partial charge on any atom is 0.405 e. The fourth-order valence-electron chi connectivity index (χ4n) is 2.47. The van der Waals surface area contributed by atoms with Gasteiger partial charge in [0, 0.05) is 17.0 Å². The zero-order chi connectivity index (χ0) is 14.8. The summed E-state index contributed by atoms with van der Waals surface area (Å²) in [5.74, 6) is 0.721. The van der Waals surface area contributed by atoms with Crippen molar-refractivity contribution in [3.63, 3.8) is 0 Å². The van der Waals surface area contributed by atoms with E-state index in [9.17, 15) is 4.79 Å². The molecule has 21 heavy (non-hydrogen) atoms. The molecule has 0 aliphatic carbocycles. The molecule has 0 saturated heterocycles. The van der Waals surface area contributed by atoms with Gasteiger partial charge in [-0.25, -0.2) is 4.79 Å². The molecule has 0 spiro atoms. The van der Waals surface area contributed by atoms with Crippen LogP contribution in [0.5, 0.6) is 5.75 Å². The van der Waals surface area contributed by atoms with Gasteiger partial charge in [0.1, 0.15) is 11.9 Å². The zero-order valence-electron chi connectivity index (χ0n) is 11.2. The summed E-state index contributed by atoms with van der Waals surface area (Å²) in [4.78, 5) is 11.0. The number of ether oxygens (including phenoxy) is 2. The second kappa shape index (κ2) is 5.66. The summed E-state index contributed by atoms with van der Waals surface area (Å²) in [6.07, 6.45) is -0.555. The fourth-order valence-corrected chi connectivity index (χ4v) is 2.66. The molecule has 2 aromatic carbocycles. The van der Waals surface area contributed by atoms with Crippen LogP contribution in [0.15, 0.2) is 42.5 Å². The van der Waals surface area contributed by atoms with Crippen molar-refractivity contribution >= 4 is 17.7 Å². The molecule has 108 valence electrons. The van der Waals surface area contributed by atoms with Crippen molar-refractivity contribution < 1.29 is 14.3 Å². The van der Waals surface area contributed by atoms with Crippen molar-refractivity contribution in [1.29, 1.82) is 0 Å². The molecule has 1 amide bonds. The van der Waals surface area contributed by atoms with E-state index >= 15 is 0 Å². The molecule has 0 aromatic heterocycles. The van der Waals surface area contributed by atoms with Crippen molar-refractivity contribution in [2.75, 3.05) is 6.61 Å². The average Bonchev–Trinajstić information content (AvgIpc) is 2.47. The Morgan fingerprint density at radius 3 is 2.81 bits per heavy atom. The number of amides is 1. The number of benzene rings is 2. The third-order valence-electron chi connectivity index (χ3n) is 3.41. The third-order valence-corrected chi connectivity index (χ3v) is 3.65. The van der Waals surface area contributed by atoms with Crippen LogP contribution in [0.25, 0.3) is 11.1 Å². The predicted octanol–water partition coefficient (Wildman–Crippen LogP) is 3.93. The summed E-state index contributed by atoms with van der Waals surface area (Å²) in [6, 6.07) is 13.4. The Bertz CT molecular complexity index is 687. The van der Waals surface area contributed by atoms with Crippen LogP contribution in [0.2, 0.25) is 5.02 Å². The van der Waals surface area contributed by atoms with Gasteiger partial charge in [-0.2, -0.15) is 0 Å². The van der Waals surface area contributed by atoms with Crippen LogP contribution in [0.4, 0.5) is 4.79 Å². The SMILES string of the molecule is NC(=O)OC1CCOc2ccc(-c3cccc(Cl)c3)cc21. The molecule has 1 heterocycles. The highest BCUT2D eigenvalue weighted by Crippen LogP contribution is 2.37. The Balaban J connectivity index is 2.00. The average molecular weight is 304 g/mol. The molecule has 0 fully saturated rings. The second-order valence-corrected chi connectivity index (χ2v) is 5.26. The van der Waals surface area contributed by atoms with Gasteiger partial charge in [0.2, 0.25) is 0 Å². The van der Waals surface area contributed by atoms with E-state index in [1.54, 1.807) is 0 Å². The molecule has 3 rings (SSSR count). The lowest BCUT2D eigenvalue weighted by Crippen LogP contribution is -2.22. The molecule has 1 aliphatic heterocycles. The van der Waals surface area contributed by atoms with Crippen LogP contribution in [-0.2, 0) is 4.74 Å². The molecule has 2 aromatic rings. The number of fused-ring (bicyclic) bond motifs is 1. The molecule has 0 radical (unpaired) electrons. The van der Waals surface area contributed by atoms with E-state index < -0.39 is 6.09 Å². The molecule has 0 saturated carbocycles. The van der Waals surface area contributed by atoms with E-state index in [0.29, 0.717) is 18.1 Å². The Morgan fingerprint density at radius 2 is 2.05 bits per heavy atom. The van der Waals surface area contributed by atoms with Gasteiger partial charge in [-0.05, 0) is 35.4 Å². The summed E-state index contributed by atoms with van der Waals surface area (Å²) in [7, 11) is 0. The Hall–Kier alpha value is -2.20. The summed E-state index contributed by atoms with van der Waals surface area (Å²) < 4.78 is 10.8. The highest BCUT2D eigenvalue weighted by Gasteiger charge is 2.24. The largest absolute Gasteiger partial charge is 0.493 e. The number of rotatable bonds is 2. The molecule has 2 N–H and O–H groups in total. The minimum Gasteiger partial charge on any atom is -0.493 e. The van der Waals surface area contributed by atoms with Crippen molar-refractivity contribution in [3.8, 4) is 16.9 Å². The summed E-state index contributed by atoms with van der Waals surface area (Å²) in [5, 5.41) is 0.673. The number of primary amides is 1. The molecule has 1 atom stereocenters. The Labute approximate surface area is 127 Å². The number of nitrogens with two attached hydrogens (primary N) is 1. The molecule has 4 nitrogen and oxygen atoms in total. The minimum absolute atomic E-state index is 0.370. The lowest BCUT2D eigenvalue weighted by Gasteiger charge is -2.25. The Kier molecular flexibility index (Phi) is 3.71. The van der Waals surface area contributed by atoms with E-state index in [1.165, 1.54) is 0 Å². The van der Waals surface area contributed by atoms with E-state index in [1.807, 2.05) is 42.5 Å². The lowest BCUT2D eigenvalue weighted by atomic mass is 9.97. The van der Waals surface area contributed by atoms with Crippen LogP contribution in [-0.4, -0.2) is 12.7 Å². The first kappa shape index (κ1) is 13.8. The quantitative estimate of drug-likeness (QED) is 0.914. The molecule has 0 bridgehead atoms. The molecule has 5 heteroatoms. The maximum atomic E-state index is 11.0. The van der Waals surface area contributed by atoms with Gasteiger partial charge in [0.05, 0.1) is 6.61 Å². The molecular weight excluding hydrogens is 290 g/mol. The minimum atomic E-state index is -0.777. The van der Waals surface area contributed by atoms with E-state index in [4.69, 9.17) is 26.8 Å².